The van der Waals surface area contributed by atoms with Gasteiger partial charge in [-0.3, -0.25) is 0 Å². The van der Waals surface area contributed by atoms with Gasteiger partial charge in [0, 0.05) is 0 Å². The Hall–Kier alpha value is -1.82. The van der Waals surface area contributed by atoms with Crippen LogP contribution in [-0.4, -0.2) is 27.8 Å². The first kappa shape index (κ1) is 12.2. The van der Waals surface area contributed by atoms with Crippen molar-refractivity contribution in [2.75, 3.05) is 0 Å². The van der Waals surface area contributed by atoms with Crippen molar-refractivity contribution < 1.29 is 18.4 Å². The fourth-order valence-corrected chi connectivity index (χ4v) is 2.25. The lowest BCUT2D eigenvalue weighted by Gasteiger charge is -2.27. The largest absolute Gasteiger partial charge is 0.387 e. The molecule has 2 atom stereocenters. The quantitative estimate of drug-likeness (QED) is 0.918. The molecule has 0 aliphatic heterocycles. The Bertz CT molecular complexity index is 586. The Morgan fingerprint density at radius 1 is 1.37 bits per heavy atom. The third-order valence-corrected chi connectivity index (χ3v) is 3.32. The van der Waals surface area contributed by atoms with E-state index in [-0.39, 0.29) is 18.2 Å². The summed E-state index contributed by atoms with van der Waals surface area (Å²) in [5, 5.41) is 12.9. The molecule has 1 heterocycles. The number of aromatic nitrogens is 2. The highest BCUT2D eigenvalue weighted by atomic mass is 19.3. The second-order valence-corrected chi connectivity index (χ2v) is 4.61. The van der Waals surface area contributed by atoms with Gasteiger partial charge in [0.1, 0.15) is 6.10 Å². The van der Waals surface area contributed by atoms with Gasteiger partial charge < -0.3 is 9.63 Å². The molecule has 1 aromatic heterocycles. The maximum Gasteiger partial charge on any atom is 0.264 e. The zero-order chi connectivity index (χ0) is 13.4. The Kier molecular flexibility index (Phi) is 3.02. The molecule has 0 saturated carbocycles. The van der Waals surface area contributed by atoms with Crippen molar-refractivity contribution in [1.29, 1.82) is 0 Å². The van der Waals surface area contributed by atoms with E-state index in [4.69, 9.17) is 9.63 Å². The number of fused-ring (bicyclic) bond motifs is 1. The Labute approximate surface area is 108 Å². The van der Waals surface area contributed by atoms with Crippen LogP contribution in [0.25, 0.3) is 0 Å². The van der Waals surface area contributed by atoms with Crippen molar-refractivity contribution in [3.05, 3.63) is 47.1 Å². The van der Waals surface area contributed by atoms with Gasteiger partial charge in [-0.2, -0.15) is 4.98 Å². The van der Waals surface area contributed by atoms with Crippen molar-refractivity contribution in [3.63, 3.8) is 0 Å². The summed E-state index contributed by atoms with van der Waals surface area (Å²) in [4.78, 5) is 4.08. The molecule has 0 saturated heterocycles. The van der Waals surface area contributed by atoms with Gasteiger partial charge in [0.05, 0.1) is 12.3 Å². The van der Waals surface area contributed by atoms with E-state index in [1.807, 2.05) is 24.3 Å². The lowest BCUT2D eigenvalue weighted by Crippen LogP contribution is -2.21. The number of nitrogens with zero attached hydrogens (tertiary/aromatic N) is 2. The second kappa shape index (κ2) is 4.70. The van der Waals surface area contributed by atoms with Crippen LogP contribution in [0.15, 0.2) is 28.8 Å². The maximum absolute atomic E-state index is 12.2. The van der Waals surface area contributed by atoms with Gasteiger partial charge in [-0.05, 0) is 17.5 Å². The molecular formula is C13H12F2N2O2. The number of aliphatic hydroxyl groups excluding tert-OH is 1. The number of aliphatic hydroxyl groups is 1. The topological polar surface area (TPSA) is 59.2 Å². The summed E-state index contributed by atoms with van der Waals surface area (Å²) in [5.41, 5.74) is 2.38. The lowest BCUT2D eigenvalue weighted by molar-refractivity contribution is -0.00754. The molecule has 19 heavy (non-hydrogen) atoms. The van der Waals surface area contributed by atoms with E-state index in [2.05, 4.69) is 10.1 Å². The summed E-state index contributed by atoms with van der Waals surface area (Å²) in [6.45, 7) is 0. The van der Waals surface area contributed by atoms with Gasteiger partial charge in [-0.25, -0.2) is 8.78 Å². The van der Waals surface area contributed by atoms with Crippen molar-refractivity contribution in [1.82, 2.24) is 10.1 Å². The first-order chi connectivity index (χ1) is 9.15. The van der Waals surface area contributed by atoms with E-state index in [1.54, 1.807) is 0 Å². The van der Waals surface area contributed by atoms with Gasteiger partial charge in [0.2, 0.25) is 5.89 Å². The first-order valence-electron chi connectivity index (χ1n) is 6.01. The van der Waals surface area contributed by atoms with E-state index < -0.39 is 12.5 Å². The minimum atomic E-state index is -2.81. The van der Waals surface area contributed by atoms with E-state index in [0.29, 0.717) is 5.82 Å². The molecule has 1 aromatic carbocycles. The number of rotatable bonds is 4. The van der Waals surface area contributed by atoms with Crippen LogP contribution >= 0.6 is 0 Å². The summed E-state index contributed by atoms with van der Waals surface area (Å²) in [7, 11) is 0. The number of benzene rings is 1. The molecule has 2 aromatic rings. The average Bonchev–Trinajstić information content (AvgIpc) is 2.79. The standard InChI is InChI=1S/C13H12F2N2O2/c14-12(15)10(18)6-11-16-13(17-19-11)9-5-7-3-1-2-4-8(7)9/h1-4,9-10,12,18H,5-6H2. The van der Waals surface area contributed by atoms with E-state index >= 15 is 0 Å². The second-order valence-electron chi connectivity index (χ2n) is 4.61. The predicted octanol–water partition coefficient (Wildman–Crippen LogP) is 1.93. The fraction of sp³-hybridized carbons (Fsp3) is 0.385. The maximum atomic E-state index is 12.2. The van der Waals surface area contributed by atoms with Gasteiger partial charge in [0.15, 0.2) is 5.82 Å². The van der Waals surface area contributed by atoms with Crippen molar-refractivity contribution in [2.45, 2.75) is 31.3 Å². The summed E-state index contributed by atoms with van der Waals surface area (Å²) in [6, 6.07) is 7.93. The fourth-order valence-electron chi connectivity index (χ4n) is 2.25. The van der Waals surface area contributed by atoms with Crippen molar-refractivity contribution in [3.8, 4) is 0 Å². The highest BCUT2D eigenvalue weighted by Gasteiger charge is 2.31. The van der Waals surface area contributed by atoms with Gasteiger partial charge in [-0.1, -0.05) is 29.4 Å². The number of halogens is 2. The van der Waals surface area contributed by atoms with Crippen LogP contribution in [0.5, 0.6) is 0 Å². The van der Waals surface area contributed by atoms with Crippen molar-refractivity contribution in [2.24, 2.45) is 0 Å². The SMILES string of the molecule is OC(Cc1nc(C2Cc3ccccc32)no1)C(F)F. The molecule has 0 radical (unpaired) electrons. The summed E-state index contributed by atoms with van der Waals surface area (Å²) < 4.78 is 29.3. The van der Waals surface area contributed by atoms with Gasteiger partial charge in [-0.15, -0.1) is 0 Å². The third-order valence-electron chi connectivity index (χ3n) is 3.32. The van der Waals surface area contributed by atoms with Gasteiger partial charge in [0.25, 0.3) is 6.43 Å². The highest BCUT2D eigenvalue weighted by Crippen LogP contribution is 2.38. The minimum absolute atomic E-state index is 0.0483. The molecule has 100 valence electrons. The number of alkyl halides is 2. The Balaban J connectivity index is 1.73. The van der Waals surface area contributed by atoms with E-state index in [9.17, 15) is 8.78 Å². The molecule has 3 rings (SSSR count). The summed E-state index contributed by atoms with van der Waals surface area (Å²) in [5.74, 6) is 0.611. The van der Waals surface area contributed by atoms with Crippen LogP contribution in [0.4, 0.5) is 8.78 Å². The van der Waals surface area contributed by atoms with Crippen LogP contribution in [-0.2, 0) is 12.8 Å². The molecule has 0 fully saturated rings. The lowest BCUT2D eigenvalue weighted by atomic mass is 9.77. The van der Waals surface area contributed by atoms with Crippen LogP contribution in [0.3, 0.4) is 0 Å². The summed E-state index contributed by atoms with van der Waals surface area (Å²) in [6.07, 6.45) is -4.06. The van der Waals surface area contributed by atoms with Crippen molar-refractivity contribution >= 4 is 0 Å². The minimum Gasteiger partial charge on any atom is -0.387 e. The molecule has 0 bridgehead atoms. The van der Waals surface area contributed by atoms with Crippen LogP contribution in [0.1, 0.15) is 28.8 Å². The van der Waals surface area contributed by atoms with E-state index in [0.717, 1.165) is 12.0 Å². The van der Waals surface area contributed by atoms with E-state index in [1.165, 1.54) is 5.56 Å². The summed E-state index contributed by atoms with van der Waals surface area (Å²) >= 11 is 0. The smallest absolute Gasteiger partial charge is 0.264 e. The molecule has 2 unspecified atom stereocenters. The highest BCUT2D eigenvalue weighted by molar-refractivity contribution is 5.43. The molecule has 1 N–H and O–H groups in total. The third kappa shape index (κ3) is 2.23. The normalized spacial score (nSPS) is 19.1. The molecule has 1 aliphatic carbocycles. The van der Waals surface area contributed by atoms with Crippen LogP contribution in [0.2, 0.25) is 0 Å². The first-order valence-corrected chi connectivity index (χ1v) is 6.01. The predicted molar refractivity (Wildman–Crippen MR) is 62.0 cm³/mol. The molecular weight excluding hydrogens is 254 g/mol. The monoisotopic (exact) mass is 266 g/mol. The Morgan fingerprint density at radius 2 is 2.16 bits per heavy atom. The molecule has 0 spiro atoms. The average molecular weight is 266 g/mol. The zero-order valence-electron chi connectivity index (χ0n) is 9.96. The number of hydrogen-bond donors (Lipinski definition) is 1. The van der Waals surface area contributed by atoms with Gasteiger partial charge >= 0.3 is 0 Å². The molecule has 6 heteroatoms. The molecule has 4 nitrogen and oxygen atoms in total. The molecule has 1 aliphatic rings. The van der Waals surface area contributed by atoms with Crippen LogP contribution < -0.4 is 0 Å². The Morgan fingerprint density at radius 3 is 2.89 bits per heavy atom. The molecule has 0 amide bonds. The zero-order valence-corrected chi connectivity index (χ0v) is 9.96. The van der Waals surface area contributed by atoms with Crippen LogP contribution in [0, 0.1) is 0 Å². The number of hydrogen-bond acceptors (Lipinski definition) is 4.